The molecule has 0 saturated heterocycles. The van der Waals surface area contributed by atoms with Gasteiger partial charge in [0.2, 0.25) is 0 Å². The van der Waals surface area contributed by atoms with Gasteiger partial charge in [0.05, 0.1) is 7.11 Å². The van der Waals surface area contributed by atoms with Crippen molar-refractivity contribution in [2.24, 2.45) is 4.99 Å². The number of methoxy groups -OCH3 is 1. The number of hydrogen-bond donors (Lipinski definition) is 2. The van der Waals surface area contributed by atoms with Crippen LogP contribution in [0.5, 0.6) is 5.75 Å². The van der Waals surface area contributed by atoms with E-state index in [4.69, 9.17) is 16.3 Å². The number of ether oxygens (including phenoxy) is 1. The van der Waals surface area contributed by atoms with E-state index in [-0.39, 0.29) is 0 Å². The van der Waals surface area contributed by atoms with Crippen LogP contribution in [0.2, 0.25) is 5.02 Å². The largest absolute Gasteiger partial charge is 0.496 e. The van der Waals surface area contributed by atoms with E-state index in [1.807, 2.05) is 16.7 Å². The van der Waals surface area contributed by atoms with Crippen molar-refractivity contribution in [2.75, 3.05) is 20.7 Å². The summed E-state index contributed by atoms with van der Waals surface area (Å²) in [4.78, 5) is 4.22. The summed E-state index contributed by atoms with van der Waals surface area (Å²) in [7, 11) is 3.37. The van der Waals surface area contributed by atoms with Crippen molar-refractivity contribution in [3.8, 4) is 5.75 Å². The summed E-state index contributed by atoms with van der Waals surface area (Å²) in [5.41, 5.74) is 1.01. The first-order valence-corrected chi connectivity index (χ1v) is 8.19. The minimum Gasteiger partial charge on any atom is -0.496 e. The van der Waals surface area contributed by atoms with Crippen molar-refractivity contribution in [3.63, 3.8) is 0 Å². The molecule has 8 heteroatoms. The molecular weight excluding hydrogens is 328 g/mol. The first-order chi connectivity index (χ1) is 11.7. The maximum Gasteiger partial charge on any atom is 0.191 e. The fourth-order valence-electron chi connectivity index (χ4n) is 2.30. The predicted molar refractivity (Wildman–Crippen MR) is 95.6 cm³/mol. The second-order valence-corrected chi connectivity index (χ2v) is 5.54. The number of hydrogen-bond acceptors (Lipinski definition) is 4. The van der Waals surface area contributed by atoms with E-state index >= 15 is 0 Å². The molecule has 24 heavy (non-hydrogen) atoms. The second kappa shape index (κ2) is 9.12. The minimum absolute atomic E-state index is 0.590. The van der Waals surface area contributed by atoms with Crippen molar-refractivity contribution in [1.82, 2.24) is 25.4 Å². The average Bonchev–Trinajstić information content (AvgIpc) is 3.06. The number of benzene rings is 1. The Morgan fingerprint density at radius 1 is 1.38 bits per heavy atom. The SMILES string of the molecule is CCc1nncn1CCNC(=NC)NCc1ccc(Cl)cc1OC. The van der Waals surface area contributed by atoms with Crippen LogP contribution >= 0.6 is 11.6 Å². The molecule has 0 radical (unpaired) electrons. The fraction of sp³-hybridized carbons (Fsp3) is 0.438. The molecule has 0 fully saturated rings. The summed E-state index contributed by atoms with van der Waals surface area (Å²) < 4.78 is 7.38. The molecule has 0 amide bonds. The zero-order valence-electron chi connectivity index (χ0n) is 14.2. The number of aromatic nitrogens is 3. The first-order valence-electron chi connectivity index (χ1n) is 7.81. The monoisotopic (exact) mass is 350 g/mol. The van der Waals surface area contributed by atoms with E-state index in [9.17, 15) is 0 Å². The van der Waals surface area contributed by atoms with Crippen LogP contribution in [-0.4, -0.2) is 41.4 Å². The Hall–Kier alpha value is -2.28. The number of nitrogens with one attached hydrogen (secondary N) is 2. The van der Waals surface area contributed by atoms with Gasteiger partial charge in [0.1, 0.15) is 17.9 Å². The molecule has 0 saturated carbocycles. The summed E-state index contributed by atoms with van der Waals surface area (Å²) >= 11 is 5.98. The Morgan fingerprint density at radius 2 is 2.21 bits per heavy atom. The Morgan fingerprint density at radius 3 is 2.92 bits per heavy atom. The smallest absolute Gasteiger partial charge is 0.191 e. The molecule has 130 valence electrons. The number of aryl methyl sites for hydroxylation is 1. The maximum absolute atomic E-state index is 5.98. The third-order valence-corrected chi connectivity index (χ3v) is 3.81. The molecule has 2 aromatic rings. The van der Waals surface area contributed by atoms with Gasteiger partial charge in [-0.05, 0) is 12.1 Å². The fourth-order valence-corrected chi connectivity index (χ4v) is 2.46. The highest BCUT2D eigenvalue weighted by Gasteiger charge is 2.06. The number of nitrogens with zero attached hydrogens (tertiary/aromatic N) is 4. The first kappa shape index (κ1) is 18.1. The zero-order valence-corrected chi connectivity index (χ0v) is 15.0. The highest BCUT2D eigenvalue weighted by atomic mass is 35.5. The van der Waals surface area contributed by atoms with Crippen molar-refractivity contribution in [1.29, 1.82) is 0 Å². The number of guanidine groups is 1. The van der Waals surface area contributed by atoms with Gasteiger partial charge in [-0.1, -0.05) is 24.6 Å². The number of halogens is 1. The van der Waals surface area contributed by atoms with Gasteiger partial charge in [-0.2, -0.15) is 0 Å². The molecule has 0 unspecified atom stereocenters. The minimum atomic E-state index is 0.590. The molecule has 0 bridgehead atoms. The molecule has 0 atom stereocenters. The lowest BCUT2D eigenvalue weighted by Crippen LogP contribution is -2.38. The van der Waals surface area contributed by atoms with E-state index in [2.05, 4.69) is 32.7 Å². The third-order valence-electron chi connectivity index (χ3n) is 3.58. The summed E-state index contributed by atoms with van der Waals surface area (Å²) in [6, 6.07) is 5.58. The highest BCUT2D eigenvalue weighted by molar-refractivity contribution is 6.30. The lowest BCUT2D eigenvalue weighted by Gasteiger charge is -2.14. The van der Waals surface area contributed by atoms with Crippen LogP contribution in [0.1, 0.15) is 18.3 Å². The quantitative estimate of drug-likeness (QED) is 0.589. The lowest BCUT2D eigenvalue weighted by molar-refractivity contribution is 0.409. The lowest BCUT2D eigenvalue weighted by atomic mass is 10.2. The molecular formula is C16H23ClN6O. The second-order valence-electron chi connectivity index (χ2n) is 5.10. The van der Waals surface area contributed by atoms with Gasteiger partial charge in [-0.15, -0.1) is 10.2 Å². The maximum atomic E-state index is 5.98. The predicted octanol–water partition coefficient (Wildman–Crippen LogP) is 1.87. The van der Waals surface area contributed by atoms with E-state index in [0.29, 0.717) is 11.6 Å². The summed E-state index contributed by atoms with van der Waals surface area (Å²) in [6.45, 7) is 4.16. The average molecular weight is 351 g/mol. The molecule has 1 aromatic carbocycles. The van der Waals surface area contributed by atoms with Crippen molar-refractivity contribution >= 4 is 17.6 Å². The molecule has 2 rings (SSSR count). The van der Waals surface area contributed by atoms with Crippen LogP contribution in [0.4, 0.5) is 0 Å². The Labute approximate surface area is 147 Å². The molecule has 2 N–H and O–H groups in total. The van der Waals surface area contributed by atoms with Crippen LogP contribution in [-0.2, 0) is 19.5 Å². The Kier molecular flexibility index (Phi) is 6.87. The van der Waals surface area contributed by atoms with E-state index in [0.717, 1.165) is 42.6 Å². The Bertz CT molecular complexity index is 685. The number of aliphatic imine (C=N–C) groups is 1. The van der Waals surface area contributed by atoms with Crippen LogP contribution in [0.3, 0.4) is 0 Å². The van der Waals surface area contributed by atoms with Crippen LogP contribution in [0, 0.1) is 0 Å². The van der Waals surface area contributed by atoms with Crippen LogP contribution in [0.15, 0.2) is 29.5 Å². The third kappa shape index (κ3) is 4.86. The number of rotatable bonds is 7. The van der Waals surface area contributed by atoms with Gasteiger partial charge in [0, 0.05) is 43.7 Å². The Balaban J connectivity index is 1.85. The molecule has 1 aromatic heterocycles. The molecule has 0 aliphatic carbocycles. The van der Waals surface area contributed by atoms with Gasteiger partial charge in [0.25, 0.3) is 0 Å². The molecule has 1 heterocycles. The molecule has 0 aliphatic heterocycles. The summed E-state index contributed by atoms with van der Waals surface area (Å²) in [5.74, 6) is 2.45. The van der Waals surface area contributed by atoms with Gasteiger partial charge in [-0.25, -0.2) is 0 Å². The van der Waals surface area contributed by atoms with Gasteiger partial charge < -0.3 is 19.9 Å². The van der Waals surface area contributed by atoms with E-state index in [1.54, 1.807) is 26.6 Å². The van der Waals surface area contributed by atoms with Crippen molar-refractivity contribution in [3.05, 3.63) is 40.9 Å². The molecule has 0 aliphatic rings. The van der Waals surface area contributed by atoms with E-state index < -0.39 is 0 Å². The molecule has 0 spiro atoms. The highest BCUT2D eigenvalue weighted by Crippen LogP contribution is 2.22. The zero-order chi connectivity index (χ0) is 17.4. The standard InChI is InChI=1S/C16H23ClN6O/c1-4-15-22-21-11-23(15)8-7-19-16(18-2)20-10-12-5-6-13(17)9-14(12)24-3/h5-6,9,11H,4,7-8,10H2,1-3H3,(H2,18,19,20). The summed E-state index contributed by atoms with van der Waals surface area (Å²) in [6.07, 6.45) is 2.61. The van der Waals surface area contributed by atoms with Gasteiger partial charge in [0.15, 0.2) is 5.96 Å². The van der Waals surface area contributed by atoms with Crippen LogP contribution in [0.25, 0.3) is 0 Å². The van der Waals surface area contributed by atoms with Crippen molar-refractivity contribution in [2.45, 2.75) is 26.4 Å². The van der Waals surface area contributed by atoms with Gasteiger partial charge in [-0.3, -0.25) is 4.99 Å². The van der Waals surface area contributed by atoms with Gasteiger partial charge >= 0.3 is 0 Å². The van der Waals surface area contributed by atoms with Crippen molar-refractivity contribution < 1.29 is 4.74 Å². The topological polar surface area (TPSA) is 76.4 Å². The molecule has 7 nitrogen and oxygen atoms in total. The van der Waals surface area contributed by atoms with E-state index in [1.165, 1.54) is 0 Å². The van der Waals surface area contributed by atoms with Crippen LogP contribution < -0.4 is 15.4 Å². The summed E-state index contributed by atoms with van der Waals surface area (Å²) in [5, 5.41) is 15.2. The normalized spacial score (nSPS) is 11.4.